The van der Waals surface area contributed by atoms with E-state index >= 15 is 0 Å². The third-order valence-corrected chi connectivity index (χ3v) is 1.54. The van der Waals surface area contributed by atoms with Crippen molar-refractivity contribution in [3.05, 3.63) is 27.9 Å². The standard InChI is InChI=1S/C8H8N2O5/c1-2-15-6-4-3-5(10(13)14)7(9-6)8(11)12/h3-4H,2H2,1H3,(H,11,12). The molecule has 7 heteroatoms. The summed E-state index contributed by atoms with van der Waals surface area (Å²) < 4.78 is 4.93. The Morgan fingerprint density at radius 3 is 2.80 bits per heavy atom. The molecule has 80 valence electrons. The van der Waals surface area contributed by atoms with Gasteiger partial charge in [0, 0.05) is 12.1 Å². The van der Waals surface area contributed by atoms with Crippen LogP contribution in [0.1, 0.15) is 17.4 Å². The number of hydrogen-bond donors (Lipinski definition) is 1. The quantitative estimate of drug-likeness (QED) is 0.591. The smallest absolute Gasteiger partial charge is 0.361 e. The highest BCUT2D eigenvalue weighted by molar-refractivity contribution is 5.90. The van der Waals surface area contributed by atoms with Crippen molar-refractivity contribution in [3.8, 4) is 5.88 Å². The normalized spacial score (nSPS) is 9.67. The van der Waals surface area contributed by atoms with Gasteiger partial charge < -0.3 is 9.84 Å². The number of pyridine rings is 1. The summed E-state index contributed by atoms with van der Waals surface area (Å²) in [7, 11) is 0. The van der Waals surface area contributed by atoms with Crippen LogP contribution in [-0.4, -0.2) is 27.6 Å². The Balaban J connectivity index is 3.21. The fourth-order valence-electron chi connectivity index (χ4n) is 0.967. The van der Waals surface area contributed by atoms with Gasteiger partial charge in [-0.3, -0.25) is 10.1 Å². The van der Waals surface area contributed by atoms with Crippen molar-refractivity contribution >= 4 is 11.7 Å². The number of nitro groups is 1. The number of carboxylic acid groups (broad SMARTS) is 1. The molecule has 0 atom stereocenters. The summed E-state index contributed by atoms with van der Waals surface area (Å²) in [6, 6.07) is 2.31. The second kappa shape index (κ2) is 4.36. The second-order valence-electron chi connectivity index (χ2n) is 2.51. The molecule has 0 spiro atoms. The molecule has 0 aliphatic heterocycles. The number of ether oxygens (including phenoxy) is 1. The van der Waals surface area contributed by atoms with E-state index in [4.69, 9.17) is 9.84 Å². The van der Waals surface area contributed by atoms with E-state index < -0.39 is 22.3 Å². The molecule has 0 radical (unpaired) electrons. The minimum absolute atomic E-state index is 0.0560. The van der Waals surface area contributed by atoms with Crippen LogP contribution in [0, 0.1) is 10.1 Å². The molecule has 0 aliphatic rings. The average Bonchev–Trinajstić information content (AvgIpc) is 2.17. The van der Waals surface area contributed by atoms with Gasteiger partial charge in [-0.15, -0.1) is 0 Å². The molecule has 1 heterocycles. The van der Waals surface area contributed by atoms with Gasteiger partial charge in [-0.1, -0.05) is 0 Å². The Kier molecular flexibility index (Phi) is 3.17. The van der Waals surface area contributed by atoms with E-state index in [0.29, 0.717) is 6.61 Å². The second-order valence-corrected chi connectivity index (χ2v) is 2.51. The molecule has 0 saturated carbocycles. The van der Waals surface area contributed by atoms with E-state index in [1.807, 2.05) is 0 Å². The maximum atomic E-state index is 10.7. The Bertz CT molecular complexity index is 404. The Morgan fingerprint density at radius 1 is 1.67 bits per heavy atom. The number of hydrogen-bond acceptors (Lipinski definition) is 5. The van der Waals surface area contributed by atoms with E-state index in [2.05, 4.69) is 4.98 Å². The van der Waals surface area contributed by atoms with E-state index in [0.717, 1.165) is 6.07 Å². The first-order valence-corrected chi connectivity index (χ1v) is 4.07. The van der Waals surface area contributed by atoms with Crippen LogP contribution in [0.25, 0.3) is 0 Å². The first-order valence-electron chi connectivity index (χ1n) is 4.07. The lowest BCUT2D eigenvalue weighted by molar-refractivity contribution is -0.385. The van der Waals surface area contributed by atoms with Gasteiger partial charge in [-0.05, 0) is 6.92 Å². The number of aromatic carboxylic acids is 1. The molecular weight excluding hydrogens is 204 g/mol. The van der Waals surface area contributed by atoms with Crippen molar-refractivity contribution in [1.29, 1.82) is 0 Å². The van der Waals surface area contributed by atoms with Crippen molar-refractivity contribution in [3.63, 3.8) is 0 Å². The van der Waals surface area contributed by atoms with E-state index in [1.165, 1.54) is 6.07 Å². The van der Waals surface area contributed by atoms with Crippen molar-refractivity contribution in [2.45, 2.75) is 6.92 Å². The molecular formula is C8H8N2O5. The van der Waals surface area contributed by atoms with Crippen molar-refractivity contribution in [2.24, 2.45) is 0 Å². The highest BCUT2D eigenvalue weighted by atomic mass is 16.6. The molecule has 1 N–H and O–H groups in total. The fourth-order valence-corrected chi connectivity index (χ4v) is 0.967. The van der Waals surface area contributed by atoms with Gasteiger partial charge in [-0.2, -0.15) is 4.98 Å². The third kappa shape index (κ3) is 2.39. The van der Waals surface area contributed by atoms with Crippen LogP contribution in [-0.2, 0) is 0 Å². The molecule has 0 bridgehead atoms. The minimum Gasteiger partial charge on any atom is -0.478 e. The number of rotatable bonds is 4. The molecule has 0 aromatic carbocycles. The van der Waals surface area contributed by atoms with Crippen molar-refractivity contribution in [2.75, 3.05) is 6.61 Å². The summed E-state index contributed by atoms with van der Waals surface area (Å²) in [5, 5.41) is 19.1. The van der Waals surface area contributed by atoms with E-state index in [9.17, 15) is 14.9 Å². The van der Waals surface area contributed by atoms with E-state index in [1.54, 1.807) is 6.92 Å². The van der Waals surface area contributed by atoms with Crippen molar-refractivity contribution in [1.82, 2.24) is 4.98 Å². The summed E-state index contributed by atoms with van der Waals surface area (Å²) >= 11 is 0. The molecule has 1 rings (SSSR count). The van der Waals surface area contributed by atoms with E-state index in [-0.39, 0.29) is 5.88 Å². The number of aromatic nitrogens is 1. The molecule has 1 aromatic heterocycles. The molecule has 0 fully saturated rings. The van der Waals surface area contributed by atoms with Gasteiger partial charge >= 0.3 is 11.7 Å². The Morgan fingerprint density at radius 2 is 2.33 bits per heavy atom. The van der Waals surface area contributed by atoms with Gasteiger partial charge in [0.15, 0.2) is 0 Å². The van der Waals surface area contributed by atoms with Crippen LogP contribution in [0.5, 0.6) is 5.88 Å². The zero-order valence-corrected chi connectivity index (χ0v) is 7.84. The Hall–Kier alpha value is -2.18. The number of nitrogens with zero attached hydrogens (tertiary/aromatic N) is 2. The summed E-state index contributed by atoms with van der Waals surface area (Å²) in [5.74, 6) is -1.40. The van der Waals surface area contributed by atoms with Crippen LogP contribution < -0.4 is 4.74 Å². The number of carboxylic acids is 1. The minimum atomic E-state index is -1.46. The monoisotopic (exact) mass is 212 g/mol. The maximum Gasteiger partial charge on any atom is 0.361 e. The van der Waals surface area contributed by atoms with Crippen molar-refractivity contribution < 1.29 is 19.6 Å². The predicted molar refractivity (Wildman–Crippen MR) is 49.0 cm³/mol. The van der Waals surface area contributed by atoms with Gasteiger partial charge in [0.05, 0.1) is 11.5 Å². The zero-order chi connectivity index (χ0) is 11.4. The number of carbonyl (C=O) groups is 1. The van der Waals surface area contributed by atoms with Gasteiger partial charge in [0.1, 0.15) is 0 Å². The molecule has 0 unspecified atom stereocenters. The summed E-state index contributed by atoms with van der Waals surface area (Å²) in [6.45, 7) is 2.01. The summed E-state index contributed by atoms with van der Waals surface area (Å²) in [4.78, 5) is 23.8. The molecule has 0 aliphatic carbocycles. The zero-order valence-electron chi connectivity index (χ0n) is 7.84. The average molecular weight is 212 g/mol. The topological polar surface area (TPSA) is 103 Å². The lowest BCUT2D eigenvalue weighted by Gasteiger charge is -2.02. The molecule has 1 aromatic rings. The lowest BCUT2D eigenvalue weighted by atomic mass is 10.3. The lowest BCUT2D eigenvalue weighted by Crippen LogP contribution is -2.07. The van der Waals surface area contributed by atoms with Crippen LogP contribution in [0.3, 0.4) is 0 Å². The van der Waals surface area contributed by atoms with Crippen LogP contribution in [0.15, 0.2) is 12.1 Å². The fraction of sp³-hybridized carbons (Fsp3) is 0.250. The summed E-state index contributed by atoms with van der Waals surface area (Å²) in [5.41, 5.74) is -1.17. The predicted octanol–water partition coefficient (Wildman–Crippen LogP) is 1.09. The molecule has 7 nitrogen and oxygen atoms in total. The van der Waals surface area contributed by atoms with Crippen LogP contribution in [0.2, 0.25) is 0 Å². The molecule has 0 saturated heterocycles. The van der Waals surface area contributed by atoms with Gasteiger partial charge in [0.25, 0.3) is 0 Å². The SMILES string of the molecule is CCOc1ccc([N+](=O)[O-])c(C(=O)O)n1. The Labute approximate surface area is 84.5 Å². The largest absolute Gasteiger partial charge is 0.478 e. The first kappa shape index (κ1) is 10.9. The first-order chi connectivity index (χ1) is 7.06. The van der Waals surface area contributed by atoms with Crippen LogP contribution in [0.4, 0.5) is 5.69 Å². The summed E-state index contributed by atoms with van der Waals surface area (Å²) in [6.07, 6.45) is 0. The highest BCUT2D eigenvalue weighted by Crippen LogP contribution is 2.19. The van der Waals surface area contributed by atoms with Gasteiger partial charge in [0.2, 0.25) is 11.6 Å². The molecule has 0 amide bonds. The van der Waals surface area contributed by atoms with Crippen LogP contribution >= 0.6 is 0 Å². The van der Waals surface area contributed by atoms with Gasteiger partial charge in [-0.25, -0.2) is 4.79 Å². The highest BCUT2D eigenvalue weighted by Gasteiger charge is 2.22. The maximum absolute atomic E-state index is 10.7. The third-order valence-electron chi connectivity index (χ3n) is 1.54. The molecule has 15 heavy (non-hydrogen) atoms.